The molecule has 7 nitrogen and oxygen atoms in total. The number of nitrogens with one attached hydrogen (secondary N) is 1. The zero-order valence-corrected chi connectivity index (χ0v) is 16.0. The fourth-order valence-electron chi connectivity index (χ4n) is 2.32. The lowest BCUT2D eigenvalue weighted by molar-refractivity contribution is -0.387. The molecule has 0 bridgehead atoms. The first-order chi connectivity index (χ1) is 14.6. The van der Waals surface area contributed by atoms with Gasteiger partial charge in [0.2, 0.25) is 0 Å². The molecule has 0 aliphatic rings. The Morgan fingerprint density at radius 3 is 2.58 bits per heavy atom. The number of halogens is 5. The van der Waals surface area contributed by atoms with Gasteiger partial charge in [0.15, 0.2) is 11.6 Å². The predicted octanol–water partition coefficient (Wildman–Crippen LogP) is 5.38. The number of benzene rings is 2. The van der Waals surface area contributed by atoms with Crippen LogP contribution in [0, 0.1) is 21.7 Å². The first-order valence-electron chi connectivity index (χ1n) is 8.32. The first-order valence-corrected chi connectivity index (χ1v) is 9.14. The lowest BCUT2D eigenvalue weighted by Gasteiger charge is -2.11. The van der Waals surface area contributed by atoms with Crippen LogP contribution in [0.4, 0.5) is 33.5 Å². The third-order valence-corrected chi connectivity index (χ3v) is 4.61. The molecule has 0 spiro atoms. The number of para-hydroxylation sites is 1. The second-order valence-electron chi connectivity index (χ2n) is 5.88. The standard InChI is InChI=1S/C18H11F5N4O3S/c19-12-6-5-10(7-11(12)18(21,22)23)9-30-17-24-8-13(20)16(25-17)26-31-15-4-2-1-3-14(15)27(28)29/h1-8H,9H2,(H,24,25,26). The summed E-state index contributed by atoms with van der Waals surface area (Å²) in [6.45, 7) is -0.439. The molecule has 13 heteroatoms. The van der Waals surface area contributed by atoms with Crippen LogP contribution in [0.25, 0.3) is 0 Å². The fourth-order valence-corrected chi connectivity index (χ4v) is 3.06. The van der Waals surface area contributed by atoms with Crippen molar-refractivity contribution in [3.8, 4) is 6.01 Å². The molecular formula is C18H11F5N4O3S. The maximum Gasteiger partial charge on any atom is 0.419 e. The summed E-state index contributed by atoms with van der Waals surface area (Å²) in [6.07, 6.45) is -4.11. The van der Waals surface area contributed by atoms with Crippen molar-refractivity contribution in [2.45, 2.75) is 17.7 Å². The Bertz CT molecular complexity index is 1110. The molecule has 1 heterocycles. The van der Waals surface area contributed by atoms with Gasteiger partial charge in [-0.3, -0.25) is 10.1 Å². The second kappa shape index (κ2) is 9.12. The van der Waals surface area contributed by atoms with Crippen molar-refractivity contribution < 1.29 is 31.6 Å². The quantitative estimate of drug-likeness (QED) is 0.220. The molecule has 0 saturated heterocycles. The molecule has 3 rings (SSSR count). The molecular weight excluding hydrogens is 447 g/mol. The van der Waals surface area contributed by atoms with Gasteiger partial charge in [-0.2, -0.15) is 18.2 Å². The lowest BCUT2D eigenvalue weighted by atomic mass is 10.1. The van der Waals surface area contributed by atoms with Gasteiger partial charge in [-0.1, -0.05) is 18.2 Å². The fraction of sp³-hybridized carbons (Fsp3) is 0.111. The van der Waals surface area contributed by atoms with Crippen molar-refractivity contribution in [1.82, 2.24) is 9.97 Å². The van der Waals surface area contributed by atoms with E-state index < -0.39 is 34.9 Å². The summed E-state index contributed by atoms with van der Waals surface area (Å²) in [5, 5.41) is 11.0. The number of anilines is 1. The van der Waals surface area contributed by atoms with Crippen LogP contribution in [0.5, 0.6) is 6.01 Å². The molecule has 0 amide bonds. The van der Waals surface area contributed by atoms with Crippen molar-refractivity contribution in [3.63, 3.8) is 0 Å². The van der Waals surface area contributed by atoms with E-state index in [9.17, 15) is 32.1 Å². The molecule has 0 fully saturated rings. The zero-order valence-electron chi connectivity index (χ0n) is 15.2. The molecule has 0 aliphatic carbocycles. The molecule has 31 heavy (non-hydrogen) atoms. The van der Waals surface area contributed by atoms with E-state index in [2.05, 4.69) is 14.7 Å². The lowest BCUT2D eigenvalue weighted by Crippen LogP contribution is -2.10. The monoisotopic (exact) mass is 458 g/mol. The Morgan fingerprint density at radius 2 is 1.87 bits per heavy atom. The summed E-state index contributed by atoms with van der Waals surface area (Å²) < 4.78 is 73.4. The maximum absolute atomic E-state index is 14.0. The number of nitro groups is 1. The van der Waals surface area contributed by atoms with E-state index in [1.54, 1.807) is 6.07 Å². The van der Waals surface area contributed by atoms with E-state index in [0.717, 1.165) is 24.2 Å². The predicted molar refractivity (Wildman–Crippen MR) is 100 cm³/mol. The van der Waals surface area contributed by atoms with E-state index >= 15 is 0 Å². The molecule has 162 valence electrons. The third-order valence-electron chi connectivity index (χ3n) is 3.75. The molecule has 1 N–H and O–H groups in total. The van der Waals surface area contributed by atoms with Crippen molar-refractivity contribution in [3.05, 3.63) is 81.5 Å². The van der Waals surface area contributed by atoms with Crippen LogP contribution in [-0.4, -0.2) is 14.9 Å². The van der Waals surface area contributed by atoms with Crippen LogP contribution in [0.1, 0.15) is 11.1 Å². The molecule has 1 aromatic heterocycles. The van der Waals surface area contributed by atoms with E-state index in [4.69, 9.17) is 4.74 Å². The van der Waals surface area contributed by atoms with Gasteiger partial charge in [0.05, 0.1) is 16.7 Å². The van der Waals surface area contributed by atoms with Crippen LogP contribution in [0.3, 0.4) is 0 Å². The van der Waals surface area contributed by atoms with Gasteiger partial charge in [-0.25, -0.2) is 13.8 Å². The Morgan fingerprint density at radius 1 is 1.13 bits per heavy atom. The van der Waals surface area contributed by atoms with Gasteiger partial charge in [-0.05, 0) is 35.7 Å². The Balaban J connectivity index is 1.71. The largest absolute Gasteiger partial charge is 0.459 e. The number of aromatic nitrogens is 2. The topological polar surface area (TPSA) is 90.2 Å². The minimum Gasteiger partial charge on any atom is -0.459 e. The van der Waals surface area contributed by atoms with Gasteiger partial charge in [0.1, 0.15) is 17.3 Å². The first kappa shape index (κ1) is 22.2. The number of nitrogens with zero attached hydrogens (tertiary/aromatic N) is 3. The SMILES string of the molecule is O=[N+]([O-])c1ccccc1SNc1nc(OCc2ccc(F)c(C(F)(F)F)c2)ncc1F. The van der Waals surface area contributed by atoms with Crippen molar-refractivity contribution in [2.75, 3.05) is 4.72 Å². The van der Waals surface area contributed by atoms with Crippen LogP contribution >= 0.6 is 11.9 Å². The molecule has 0 aliphatic heterocycles. The summed E-state index contributed by atoms with van der Waals surface area (Å²) in [7, 11) is 0. The average molecular weight is 458 g/mol. The third kappa shape index (κ3) is 5.57. The highest BCUT2D eigenvalue weighted by Gasteiger charge is 2.34. The number of nitro benzene ring substituents is 1. The Labute approximate surface area is 175 Å². The van der Waals surface area contributed by atoms with Crippen LogP contribution in [0.2, 0.25) is 0 Å². The van der Waals surface area contributed by atoms with Gasteiger partial charge < -0.3 is 9.46 Å². The minimum absolute atomic E-state index is 0.00885. The van der Waals surface area contributed by atoms with Crippen LogP contribution < -0.4 is 9.46 Å². The van der Waals surface area contributed by atoms with E-state index in [1.807, 2.05) is 0 Å². The van der Waals surface area contributed by atoms with Crippen LogP contribution in [0.15, 0.2) is 53.6 Å². The molecule has 0 unspecified atom stereocenters. The van der Waals surface area contributed by atoms with Crippen molar-refractivity contribution >= 4 is 23.5 Å². The highest BCUT2D eigenvalue weighted by Crippen LogP contribution is 2.32. The Kier molecular flexibility index (Phi) is 6.53. The van der Waals surface area contributed by atoms with Crippen LogP contribution in [-0.2, 0) is 12.8 Å². The molecule has 0 radical (unpaired) electrons. The summed E-state index contributed by atoms with van der Waals surface area (Å²) in [5.41, 5.74) is -1.66. The Hall–Kier alpha value is -3.48. The zero-order chi connectivity index (χ0) is 22.6. The number of alkyl halides is 3. The molecule has 3 aromatic rings. The summed E-state index contributed by atoms with van der Waals surface area (Å²) in [6, 6.07) is 7.71. The van der Waals surface area contributed by atoms with Crippen molar-refractivity contribution in [1.29, 1.82) is 0 Å². The second-order valence-corrected chi connectivity index (χ2v) is 6.73. The smallest absolute Gasteiger partial charge is 0.419 e. The number of ether oxygens (including phenoxy) is 1. The average Bonchev–Trinajstić information content (AvgIpc) is 2.72. The summed E-state index contributed by atoms with van der Waals surface area (Å²) >= 11 is 0.728. The minimum atomic E-state index is -4.87. The van der Waals surface area contributed by atoms with E-state index in [1.165, 1.54) is 18.2 Å². The number of hydrogen-bond acceptors (Lipinski definition) is 7. The van der Waals surface area contributed by atoms with E-state index in [0.29, 0.717) is 12.1 Å². The normalized spacial score (nSPS) is 11.3. The molecule has 0 saturated carbocycles. The maximum atomic E-state index is 14.0. The summed E-state index contributed by atoms with van der Waals surface area (Å²) in [5.74, 6) is -2.67. The highest BCUT2D eigenvalue weighted by atomic mass is 32.2. The number of rotatable bonds is 7. The molecule has 2 aromatic carbocycles. The van der Waals surface area contributed by atoms with Gasteiger partial charge in [0.25, 0.3) is 5.69 Å². The van der Waals surface area contributed by atoms with Gasteiger partial charge in [0, 0.05) is 6.07 Å². The summed E-state index contributed by atoms with van der Waals surface area (Å²) in [4.78, 5) is 18.0. The van der Waals surface area contributed by atoms with Gasteiger partial charge >= 0.3 is 12.2 Å². The van der Waals surface area contributed by atoms with E-state index in [-0.39, 0.29) is 28.0 Å². The van der Waals surface area contributed by atoms with Gasteiger partial charge in [-0.15, -0.1) is 0 Å². The molecule has 0 atom stereocenters. The van der Waals surface area contributed by atoms with Crippen molar-refractivity contribution in [2.24, 2.45) is 0 Å². The number of hydrogen-bond donors (Lipinski definition) is 1. The highest BCUT2D eigenvalue weighted by molar-refractivity contribution is 8.00.